The Morgan fingerprint density at radius 3 is 2.85 bits per heavy atom. The third-order valence-corrected chi connectivity index (χ3v) is 10.1. The van der Waals surface area contributed by atoms with E-state index in [4.69, 9.17) is 4.74 Å². The first-order valence-corrected chi connectivity index (χ1v) is 10.8. The lowest BCUT2D eigenvalue weighted by Gasteiger charge is -2.79. The van der Waals surface area contributed by atoms with Gasteiger partial charge < -0.3 is 14.9 Å². The van der Waals surface area contributed by atoms with E-state index in [-0.39, 0.29) is 35.9 Å². The molecule has 7 bridgehead atoms. The second kappa shape index (κ2) is 4.94. The minimum Gasteiger partial charge on any atom is -0.395 e. The minimum absolute atomic E-state index is 0.0840. The zero-order valence-electron chi connectivity index (χ0n) is 16.0. The van der Waals surface area contributed by atoms with Crippen LogP contribution in [0.2, 0.25) is 0 Å². The van der Waals surface area contributed by atoms with E-state index in [1.54, 1.807) is 0 Å². The average molecular weight is 360 g/mol. The summed E-state index contributed by atoms with van der Waals surface area (Å²) < 4.78 is 6.86. The molecule has 144 valence electrons. The van der Waals surface area contributed by atoms with Crippen molar-refractivity contribution < 1.29 is 14.9 Å². The number of β-amino-alcohol motifs (C(OH)–C–C–N with tert-alkyl or cyclic N) is 1. The Hall–Kier alpha value is -0.420. The normalized spacial score (nSPS) is 60.2. The highest BCUT2D eigenvalue weighted by molar-refractivity contribution is 5.32. The lowest BCUT2D eigenvalue weighted by molar-refractivity contribution is -0.405. The maximum atomic E-state index is 11.3. The topological polar surface area (TPSA) is 52.9 Å². The van der Waals surface area contributed by atoms with Gasteiger partial charge in [0.05, 0.1) is 18.8 Å². The van der Waals surface area contributed by atoms with Crippen LogP contribution in [0.5, 0.6) is 0 Å². The van der Waals surface area contributed by atoms with E-state index in [0.717, 1.165) is 37.4 Å². The molecule has 8 fully saturated rings. The van der Waals surface area contributed by atoms with Crippen molar-refractivity contribution in [2.24, 2.45) is 34.0 Å². The monoisotopic (exact) mass is 359 g/mol. The largest absolute Gasteiger partial charge is 0.395 e. The van der Waals surface area contributed by atoms with E-state index in [9.17, 15) is 10.2 Å². The third kappa shape index (κ3) is 1.57. The van der Waals surface area contributed by atoms with E-state index in [1.807, 2.05) is 0 Å². The van der Waals surface area contributed by atoms with Crippen molar-refractivity contribution in [1.29, 1.82) is 0 Å². The molecule has 0 aromatic rings. The number of hydrogen-bond donors (Lipinski definition) is 2. The van der Waals surface area contributed by atoms with Crippen molar-refractivity contribution in [3.8, 4) is 0 Å². The molecule has 4 heteroatoms. The number of likely N-dealkylation sites (tertiary alicyclic amines) is 1. The molecule has 0 amide bonds. The zero-order valence-corrected chi connectivity index (χ0v) is 16.0. The maximum absolute atomic E-state index is 11.3. The molecule has 0 radical (unpaired) electrons. The molecule has 2 unspecified atom stereocenters. The second-order valence-corrected chi connectivity index (χ2v) is 10.7. The first-order chi connectivity index (χ1) is 12.5. The van der Waals surface area contributed by atoms with Gasteiger partial charge in [-0.05, 0) is 67.3 Å². The number of aliphatic hydroxyl groups excluding tert-OH is 2. The molecule has 5 saturated carbocycles. The van der Waals surface area contributed by atoms with Crippen LogP contribution in [0, 0.1) is 34.0 Å². The van der Waals surface area contributed by atoms with Gasteiger partial charge >= 0.3 is 0 Å². The Morgan fingerprint density at radius 1 is 1.19 bits per heavy atom. The molecule has 3 aliphatic heterocycles. The zero-order chi connectivity index (χ0) is 17.9. The first-order valence-electron chi connectivity index (χ1n) is 10.8. The smallest absolute Gasteiger partial charge is 0.117 e. The van der Waals surface area contributed by atoms with Crippen LogP contribution in [0.25, 0.3) is 0 Å². The van der Waals surface area contributed by atoms with Crippen LogP contribution in [0.3, 0.4) is 0 Å². The van der Waals surface area contributed by atoms with Gasteiger partial charge in [-0.2, -0.15) is 0 Å². The fourth-order valence-corrected chi connectivity index (χ4v) is 9.30. The Kier molecular flexibility index (Phi) is 3.14. The van der Waals surface area contributed by atoms with Gasteiger partial charge in [0.15, 0.2) is 0 Å². The van der Waals surface area contributed by atoms with Gasteiger partial charge in [0.1, 0.15) is 6.23 Å². The molecule has 9 atom stereocenters. The van der Waals surface area contributed by atoms with Crippen LogP contribution in [-0.4, -0.2) is 53.2 Å². The SMILES string of the molecule is C=C1[C@H]2CC[C@]3(C(C2)[C@@]24CCC[C@@]5(C)CN(CCO)[C@@H]2O[C@@H]3CC54)[C@H]1O. The molecule has 0 aromatic heterocycles. The van der Waals surface area contributed by atoms with Crippen molar-refractivity contribution >= 4 is 0 Å². The Bertz CT molecular complexity index is 666. The second-order valence-electron chi connectivity index (χ2n) is 10.7. The molecule has 3 heterocycles. The number of aliphatic hydroxyl groups is 2. The molecular formula is C22H33NO3. The van der Waals surface area contributed by atoms with Crippen LogP contribution < -0.4 is 0 Å². The van der Waals surface area contributed by atoms with E-state index in [2.05, 4.69) is 18.4 Å². The molecule has 4 nitrogen and oxygen atoms in total. The van der Waals surface area contributed by atoms with Crippen molar-refractivity contribution in [1.82, 2.24) is 4.90 Å². The molecular weight excluding hydrogens is 326 g/mol. The average Bonchev–Trinajstić information content (AvgIpc) is 2.63. The van der Waals surface area contributed by atoms with Crippen LogP contribution in [-0.2, 0) is 4.74 Å². The van der Waals surface area contributed by atoms with Crippen molar-refractivity contribution in [3.05, 3.63) is 12.2 Å². The molecule has 2 N–H and O–H groups in total. The van der Waals surface area contributed by atoms with Gasteiger partial charge in [-0.3, -0.25) is 4.90 Å². The summed E-state index contributed by atoms with van der Waals surface area (Å²) in [5.41, 5.74) is 1.53. The van der Waals surface area contributed by atoms with E-state index in [0.29, 0.717) is 17.3 Å². The van der Waals surface area contributed by atoms with Gasteiger partial charge in [0.2, 0.25) is 0 Å². The van der Waals surface area contributed by atoms with Gasteiger partial charge in [-0.15, -0.1) is 0 Å². The summed E-state index contributed by atoms with van der Waals surface area (Å²) in [5, 5.41) is 21.0. The number of rotatable bonds is 2. The summed E-state index contributed by atoms with van der Waals surface area (Å²) in [4.78, 5) is 2.47. The summed E-state index contributed by atoms with van der Waals surface area (Å²) >= 11 is 0. The van der Waals surface area contributed by atoms with Crippen molar-refractivity contribution in [3.63, 3.8) is 0 Å². The highest BCUT2D eigenvalue weighted by Gasteiger charge is 2.78. The predicted molar refractivity (Wildman–Crippen MR) is 98.2 cm³/mol. The highest BCUT2D eigenvalue weighted by atomic mass is 16.5. The molecule has 8 aliphatic rings. The van der Waals surface area contributed by atoms with Crippen molar-refractivity contribution in [2.45, 2.75) is 70.3 Å². The molecule has 3 saturated heterocycles. The Morgan fingerprint density at radius 2 is 2.04 bits per heavy atom. The quantitative estimate of drug-likeness (QED) is 0.744. The van der Waals surface area contributed by atoms with Gasteiger partial charge in [-0.1, -0.05) is 19.9 Å². The fraction of sp³-hybridized carbons (Fsp3) is 0.909. The summed E-state index contributed by atoms with van der Waals surface area (Å²) in [5.74, 6) is 1.79. The number of fused-ring (bicyclic) bond motifs is 2. The van der Waals surface area contributed by atoms with Crippen LogP contribution in [0.4, 0.5) is 0 Å². The number of hydrogen-bond acceptors (Lipinski definition) is 4. The minimum atomic E-state index is -0.373. The summed E-state index contributed by atoms with van der Waals surface area (Å²) in [6.07, 6.45) is 8.43. The summed E-state index contributed by atoms with van der Waals surface area (Å²) in [6, 6.07) is 0. The molecule has 0 aromatic carbocycles. The number of piperidine rings is 1. The van der Waals surface area contributed by atoms with Crippen LogP contribution in [0.15, 0.2) is 12.2 Å². The highest BCUT2D eigenvalue weighted by Crippen LogP contribution is 2.78. The standard InChI is InChI=1S/C22H33NO3/c1-13-14-4-7-22(18(13)25)16(10-14)21-6-3-5-20(2)12-23(8-9-24)19(21)26-17(22)11-15(20)21/h14-19,24-25H,1,3-12H2,2H3/t14-,15?,16?,17+,18-,19+,20-,21-,22+/m0/s1. The van der Waals surface area contributed by atoms with E-state index < -0.39 is 0 Å². The van der Waals surface area contributed by atoms with Crippen molar-refractivity contribution in [2.75, 3.05) is 19.7 Å². The fourth-order valence-electron chi connectivity index (χ4n) is 9.30. The summed E-state index contributed by atoms with van der Waals surface area (Å²) in [7, 11) is 0. The molecule has 2 spiro atoms. The van der Waals surface area contributed by atoms with E-state index in [1.165, 1.54) is 32.1 Å². The predicted octanol–water partition coefficient (Wildman–Crippen LogP) is 2.55. The van der Waals surface area contributed by atoms with Gasteiger partial charge in [0, 0.05) is 23.9 Å². The Balaban J connectivity index is 1.53. The summed E-state index contributed by atoms with van der Waals surface area (Å²) in [6.45, 7) is 8.80. The number of nitrogens with zero attached hydrogens (tertiary/aromatic N) is 1. The Labute approximate surface area is 156 Å². The first kappa shape index (κ1) is 16.5. The molecule has 26 heavy (non-hydrogen) atoms. The van der Waals surface area contributed by atoms with Crippen LogP contribution >= 0.6 is 0 Å². The van der Waals surface area contributed by atoms with Gasteiger partial charge in [0.25, 0.3) is 0 Å². The van der Waals surface area contributed by atoms with Gasteiger partial charge in [-0.25, -0.2) is 0 Å². The molecule has 5 aliphatic carbocycles. The maximum Gasteiger partial charge on any atom is 0.117 e. The van der Waals surface area contributed by atoms with E-state index >= 15 is 0 Å². The lowest BCUT2D eigenvalue weighted by Crippen LogP contribution is -2.82. The lowest BCUT2D eigenvalue weighted by atomic mass is 9.32. The third-order valence-electron chi connectivity index (χ3n) is 10.1. The number of ether oxygens (including phenoxy) is 1. The van der Waals surface area contributed by atoms with Crippen LogP contribution in [0.1, 0.15) is 51.9 Å². The molecule has 8 rings (SSSR count).